The van der Waals surface area contributed by atoms with Crippen LogP contribution >= 0.6 is 12.2 Å². The third-order valence-electron chi connectivity index (χ3n) is 0.301. The number of carboxylic acids is 1. The van der Waals surface area contributed by atoms with Crippen molar-refractivity contribution in [2.45, 2.75) is 6.92 Å². The fraction of sp³-hybridized carbons (Fsp3) is 0.333. The standard InChI is InChI=1S/C3H4O2S.Mg.2H/c1-2(6)3(4)5;;;/h1H3,(H,4,5);;;/q;+2;2*-1. The van der Waals surface area contributed by atoms with E-state index in [1.165, 1.54) is 6.92 Å². The number of hydrogen-bond donors (Lipinski definition) is 1. The molecular formula is C3H6MgO2S. The summed E-state index contributed by atoms with van der Waals surface area (Å²) in [6.45, 7) is 1.37. The van der Waals surface area contributed by atoms with E-state index in [4.69, 9.17) is 5.11 Å². The van der Waals surface area contributed by atoms with Gasteiger partial charge in [-0.1, -0.05) is 12.2 Å². The first-order valence-corrected chi connectivity index (χ1v) is 1.79. The van der Waals surface area contributed by atoms with Crippen LogP contribution in [-0.4, -0.2) is 39.0 Å². The van der Waals surface area contributed by atoms with Crippen LogP contribution in [0.15, 0.2) is 0 Å². The van der Waals surface area contributed by atoms with Crippen LogP contribution in [0.4, 0.5) is 0 Å². The molecule has 0 heterocycles. The summed E-state index contributed by atoms with van der Waals surface area (Å²) in [5, 5.41) is 7.85. The largest absolute Gasteiger partial charge is 2.00 e. The zero-order valence-electron chi connectivity index (χ0n) is 5.97. The summed E-state index contributed by atoms with van der Waals surface area (Å²) in [6.07, 6.45) is 0. The first kappa shape index (κ1) is 10.3. The number of hydrogen-bond acceptors (Lipinski definition) is 2. The molecule has 0 saturated heterocycles. The Kier molecular flexibility index (Phi) is 6.62. The topological polar surface area (TPSA) is 37.3 Å². The summed E-state index contributed by atoms with van der Waals surface area (Å²) in [5.41, 5.74) is 0. The van der Waals surface area contributed by atoms with Gasteiger partial charge in [0.25, 0.3) is 0 Å². The minimum Gasteiger partial charge on any atom is -1.00 e. The van der Waals surface area contributed by atoms with Gasteiger partial charge in [-0.05, 0) is 6.92 Å². The molecule has 38 valence electrons. The van der Waals surface area contributed by atoms with Crippen LogP contribution < -0.4 is 0 Å². The SMILES string of the molecule is CC(=S)C(=O)O.[H-].[H-].[Mg+2]. The van der Waals surface area contributed by atoms with Gasteiger partial charge in [-0.3, -0.25) is 0 Å². The second-order valence-corrected chi connectivity index (χ2v) is 1.47. The van der Waals surface area contributed by atoms with Crippen molar-refractivity contribution in [1.29, 1.82) is 0 Å². The molecule has 7 heavy (non-hydrogen) atoms. The molecule has 4 heteroatoms. The van der Waals surface area contributed by atoms with E-state index < -0.39 is 5.97 Å². The predicted octanol–water partition coefficient (Wildman–Crippen LogP) is 0.305. The van der Waals surface area contributed by atoms with Crippen LogP contribution in [0.25, 0.3) is 0 Å². The first-order chi connectivity index (χ1) is 2.64. The van der Waals surface area contributed by atoms with E-state index in [9.17, 15) is 4.79 Å². The summed E-state index contributed by atoms with van der Waals surface area (Å²) in [4.78, 5) is 9.57. The van der Waals surface area contributed by atoms with Crippen LogP contribution in [-0.2, 0) is 4.79 Å². The summed E-state index contributed by atoms with van der Waals surface area (Å²) in [5.74, 6) is -1.01. The summed E-state index contributed by atoms with van der Waals surface area (Å²) in [7, 11) is 0. The van der Waals surface area contributed by atoms with E-state index in [-0.39, 0.29) is 30.8 Å². The van der Waals surface area contributed by atoms with Gasteiger partial charge in [0, 0.05) is 0 Å². The van der Waals surface area contributed by atoms with Crippen molar-refractivity contribution >= 4 is 46.1 Å². The smallest absolute Gasteiger partial charge is 1.00 e. The van der Waals surface area contributed by atoms with Gasteiger partial charge < -0.3 is 7.96 Å². The molecule has 0 aromatic rings. The number of carbonyl (C=O) groups is 1. The summed E-state index contributed by atoms with van der Waals surface area (Å²) >= 11 is 4.22. The molecule has 0 saturated carbocycles. The van der Waals surface area contributed by atoms with Gasteiger partial charge in [-0.25, -0.2) is 4.79 Å². The maximum absolute atomic E-state index is 9.56. The molecule has 0 atom stereocenters. The second kappa shape index (κ2) is 4.48. The van der Waals surface area contributed by atoms with Crippen molar-refractivity contribution in [3.63, 3.8) is 0 Å². The Bertz CT molecular complexity index is 85.8. The molecular weight excluding hydrogens is 124 g/mol. The fourth-order valence-corrected chi connectivity index (χ4v) is 0. The third kappa shape index (κ3) is 6.33. The molecule has 1 N–H and O–H groups in total. The van der Waals surface area contributed by atoms with Gasteiger partial charge in [0.05, 0.1) is 4.86 Å². The quantitative estimate of drug-likeness (QED) is 0.410. The minimum absolute atomic E-state index is 0. The van der Waals surface area contributed by atoms with Gasteiger partial charge >= 0.3 is 29.0 Å². The van der Waals surface area contributed by atoms with Crippen LogP contribution in [0.5, 0.6) is 0 Å². The van der Waals surface area contributed by atoms with E-state index >= 15 is 0 Å². The molecule has 0 unspecified atom stereocenters. The molecule has 0 aliphatic rings. The molecule has 2 nitrogen and oxygen atoms in total. The molecule has 0 radical (unpaired) electrons. The van der Waals surface area contributed by atoms with Gasteiger partial charge in [0.1, 0.15) is 0 Å². The molecule has 0 fully saturated rings. The molecule has 0 rings (SSSR count). The van der Waals surface area contributed by atoms with Gasteiger partial charge in [0.15, 0.2) is 0 Å². The average molecular weight is 130 g/mol. The zero-order chi connectivity index (χ0) is 5.15. The molecule has 0 spiro atoms. The van der Waals surface area contributed by atoms with Gasteiger partial charge in [0.2, 0.25) is 0 Å². The summed E-state index contributed by atoms with van der Waals surface area (Å²) < 4.78 is 0. The van der Waals surface area contributed by atoms with E-state index in [0.29, 0.717) is 0 Å². The molecule has 0 aromatic carbocycles. The van der Waals surface area contributed by atoms with Gasteiger partial charge in [-0.2, -0.15) is 0 Å². The predicted molar refractivity (Wildman–Crippen MR) is 33.9 cm³/mol. The number of aliphatic carboxylic acids is 1. The Morgan fingerprint density at radius 3 is 2.00 bits per heavy atom. The van der Waals surface area contributed by atoms with Crippen LogP contribution in [0.1, 0.15) is 9.78 Å². The Balaban J connectivity index is -0.0000000417. The average Bonchev–Trinajstić information content (AvgIpc) is 1.36. The van der Waals surface area contributed by atoms with Crippen molar-refractivity contribution in [3.05, 3.63) is 0 Å². The van der Waals surface area contributed by atoms with E-state index in [1.807, 2.05) is 0 Å². The normalized spacial score (nSPS) is 6.43. The maximum Gasteiger partial charge on any atom is 2.00 e. The van der Waals surface area contributed by atoms with Crippen LogP contribution in [0, 0.1) is 0 Å². The first-order valence-electron chi connectivity index (χ1n) is 1.38. The molecule has 0 amide bonds. The Morgan fingerprint density at radius 2 is 2.00 bits per heavy atom. The molecule has 0 aliphatic heterocycles. The Labute approximate surface area is 66.0 Å². The fourth-order valence-electron chi connectivity index (χ4n) is 0. The monoisotopic (exact) mass is 130 g/mol. The Morgan fingerprint density at radius 1 is 1.86 bits per heavy atom. The molecule has 0 aromatic heterocycles. The van der Waals surface area contributed by atoms with Gasteiger partial charge in [-0.15, -0.1) is 0 Å². The molecule has 0 aliphatic carbocycles. The zero-order valence-corrected chi connectivity index (χ0v) is 6.20. The van der Waals surface area contributed by atoms with E-state index in [1.54, 1.807) is 0 Å². The van der Waals surface area contributed by atoms with Crippen molar-refractivity contribution in [2.75, 3.05) is 0 Å². The summed E-state index contributed by atoms with van der Waals surface area (Å²) in [6, 6.07) is 0. The minimum atomic E-state index is -1.01. The second-order valence-electron chi connectivity index (χ2n) is 0.861. The van der Waals surface area contributed by atoms with Crippen molar-refractivity contribution in [2.24, 2.45) is 0 Å². The molecule has 0 bridgehead atoms. The number of carboxylic acid groups (broad SMARTS) is 1. The Hall–Kier alpha value is 0.326. The van der Waals surface area contributed by atoms with E-state index in [2.05, 4.69) is 12.2 Å². The number of rotatable bonds is 1. The third-order valence-corrected chi connectivity index (χ3v) is 0.476. The van der Waals surface area contributed by atoms with Crippen LogP contribution in [0.2, 0.25) is 0 Å². The van der Waals surface area contributed by atoms with E-state index in [0.717, 1.165) is 0 Å². The van der Waals surface area contributed by atoms with Crippen molar-refractivity contribution < 1.29 is 12.8 Å². The number of thiocarbonyl (C=S) groups is 1. The van der Waals surface area contributed by atoms with Crippen LogP contribution in [0.3, 0.4) is 0 Å². The maximum atomic E-state index is 9.56. The van der Waals surface area contributed by atoms with Crippen molar-refractivity contribution in [1.82, 2.24) is 0 Å². The van der Waals surface area contributed by atoms with Crippen molar-refractivity contribution in [3.8, 4) is 0 Å².